The van der Waals surface area contributed by atoms with Gasteiger partial charge in [0.2, 0.25) is 0 Å². The third kappa shape index (κ3) is 6.10. The second-order valence-electron chi connectivity index (χ2n) is 18.5. The van der Waals surface area contributed by atoms with Gasteiger partial charge in [0.15, 0.2) is 0 Å². The van der Waals surface area contributed by atoms with Gasteiger partial charge < -0.3 is 19.2 Å². The minimum atomic E-state index is -0.176. The van der Waals surface area contributed by atoms with E-state index in [-0.39, 0.29) is 14.0 Å². The molecule has 326 valence electrons. The fourth-order valence-corrected chi connectivity index (χ4v) is 13.8. The molecule has 8 heteroatoms. The van der Waals surface area contributed by atoms with Crippen LogP contribution in [0.2, 0.25) is 0 Å². The van der Waals surface area contributed by atoms with Crippen molar-refractivity contribution >= 4 is 155 Å². The summed E-state index contributed by atoms with van der Waals surface area (Å²) in [5.74, 6) is 0. The maximum absolute atomic E-state index is 2.60. The summed E-state index contributed by atoms with van der Waals surface area (Å²) < 4.78 is 2.56. The summed E-state index contributed by atoms with van der Waals surface area (Å²) in [6.45, 7) is -0.353. The van der Waals surface area contributed by atoms with Crippen LogP contribution >= 0.6 is 22.7 Å². The van der Waals surface area contributed by atoms with Crippen molar-refractivity contribution < 1.29 is 0 Å². The SMILES string of the molecule is c1ccc2cc(N3B(c4ccc(B5N(c6ccc7ccccc7c6)c6sc7ccccc7c6N5c5ccc6ccccc6c5)cc4)N(c4ccc5ccccc5c4)c4c3sc3ccccc43)ccc2c1. The minimum absolute atomic E-state index is 0.176. The van der Waals surface area contributed by atoms with Gasteiger partial charge in [-0.3, -0.25) is 0 Å². The number of hydrogen-bond acceptors (Lipinski definition) is 6. The van der Waals surface area contributed by atoms with Crippen molar-refractivity contribution in [2.45, 2.75) is 0 Å². The summed E-state index contributed by atoms with van der Waals surface area (Å²) in [5.41, 5.74) is 9.58. The topological polar surface area (TPSA) is 13.0 Å². The summed E-state index contributed by atoms with van der Waals surface area (Å²) in [5, 5.41) is 14.9. The molecular weight excluding hydrogens is 886 g/mol. The molecule has 0 fully saturated rings. The molecule has 70 heavy (non-hydrogen) atoms. The quantitative estimate of drug-likeness (QED) is 0.154. The molecular formula is C62H40B2N4S2. The Kier molecular flexibility index (Phi) is 8.86. The zero-order valence-electron chi connectivity index (χ0n) is 37.9. The Labute approximate surface area is 414 Å². The summed E-state index contributed by atoms with van der Waals surface area (Å²) in [6.07, 6.45) is 0. The van der Waals surface area contributed by atoms with Crippen LogP contribution in [-0.2, 0) is 0 Å². The molecule has 0 unspecified atom stereocenters. The van der Waals surface area contributed by atoms with Gasteiger partial charge >= 0.3 is 14.0 Å². The fraction of sp³-hybridized carbons (Fsp3) is 0. The maximum Gasteiger partial charge on any atom is 0.421 e. The molecule has 4 nitrogen and oxygen atoms in total. The van der Waals surface area contributed by atoms with Crippen LogP contribution in [0, 0.1) is 0 Å². The van der Waals surface area contributed by atoms with Crippen LogP contribution in [0.15, 0.2) is 243 Å². The van der Waals surface area contributed by atoms with Crippen LogP contribution in [0.5, 0.6) is 0 Å². The standard InChI is InChI=1S/C62H40B2N4S2/c1-5-17-45-37-51(33-25-41(45)13-1)65-59-55-21-9-11-23-57(55)69-61(59)67(53-35-27-43-15-3-7-19-47(43)39-53)63(65)49-29-31-50(32-30-49)64-66(52-34-26-42-14-2-6-18-46(42)38-52)60-56-22-10-12-24-58(56)70-62(60)68(64)54-36-28-44-16-4-8-20-48(44)40-54/h1-40H. The van der Waals surface area contributed by atoms with Crippen LogP contribution < -0.4 is 30.2 Å². The number of rotatable bonds is 6. The van der Waals surface area contributed by atoms with E-state index in [4.69, 9.17) is 0 Å². The summed E-state index contributed by atoms with van der Waals surface area (Å²) in [6, 6.07) is 90.2. The largest absolute Gasteiger partial charge is 0.421 e. The van der Waals surface area contributed by atoms with Crippen molar-refractivity contribution in [1.82, 2.24) is 0 Å². The number of hydrogen-bond donors (Lipinski definition) is 0. The molecule has 0 aliphatic carbocycles. The van der Waals surface area contributed by atoms with E-state index < -0.39 is 0 Å². The first-order chi connectivity index (χ1) is 34.7. The lowest BCUT2D eigenvalue weighted by molar-refractivity contribution is 1.41. The van der Waals surface area contributed by atoms with Crippen LogP contribution in [0.25, 0.3) is 63.3 Å². The lowest BCUT2D eigenvalue weighted by Gasteiger charge is -2.32. The van der Waals surface area contributed by atoms with E-state index in [2.05, 4.69) is 262 Å². The monoisotopic (exact) mass is 926 g/mol. The Bertz CT molecular complexity index is 3950. The molecule has 0 saturated carbocycles. The highest BCUT2D eigenvalue weighted by molar-refractivity contribution is 7.26. The van der Waals surface area contributed by atoms with E-state index >= 15 is 0 Å². The van der Waals surface area contributed by atoms with E-state index in [0.717, 1.165) is 11.4 Å². The van der Waals surface area contributed by atoms with Gasteiger partial charge in [-0.25, -0.2) is 0 Å². The summed E-state index contributed by atoms with van der Waals surface area (Å²) in [7, 11) is 0. The van der Waals surface area contributed by atoms with Crippen molar-refractivity contribution in [1.29, 1.82) is 0 Å². The van der Waals surface area contributed by atoms with Crippen molar-refractivity contribution in [3.63, 3.8) is 0 Å². The summed E-state index contributed by atoms with van der Waals surface area (Å²) in [4.78, 5) is 10.4. The van der Waals surface area contributed by atoms with E-state index in [9.17, 15) is 0 Å². The lowest BCUT2D eigenvalue weighted by atomic mass is 9.60. The van der Waals surface area contributed by atoms with Gasteiger partial charge in [0.25, 0.3) is 0 Å². The molecule has 4 heterocycles. The first-order valence-electron chi connectivity index (χ1n) is 24.0. The highest BCUT2D eigenvalue weighted by Crippen LogP contribution is 2.57. The van der Waals surface area contributed by atoms with Crippen molar-refractivity contribution in [3.8, 4) is 0 Å². The predicted molar refractivity (Wildman–Crippen MR) is 305 cm³/mol. The van der Waals surface area contributed by atoms with Gasteiger partial charge in [-0.15, -0.1) is 22.7 Å². The van der Waals surface area contributed by atoms with Crippen LogP contribution in [-0.4, -0.2) is 14.0 Å². The zero-order chi connectivity index (χ0) is 45.9. The third-order valence-electron chi connectivity index (χ3n) is 14.6. The smallest absolute Gasteiger partial charge is 0.359 e. The number of anilines is 8. The van der Waals surface area contributed by atoms with E-state index in [0.29, 0.717) is 0 Å². The fourth-order valence-electron chi connectivity index (χ4n) is 11.3. The van der Waals surface area contributed by atoms with E-state index in [1.807, 2.05) is 22.7 Å². The lowest BCUT2D eigenvalue weighted by Crippen LogP contribution is -2.55. The average Bonchev–Trinajstić information content (AvgIpc) is 4.17. The molecule has 2 aromatic heterocycles. The number of benzene rings is 11. The molecule has 0 radical (unpaired) electrons. The number of nitrogens with zero attached hydrogens (tertiary/aromatic N) is 4. The van der Waals surface area contributed by atoms with Gasteiger partial charge in [-0.2, -0.15) is 0 Å². The zero-order valence-corrected chi connectivity index (χ0v) is 39.5. The maximum atomic E-state index is 2.60. The molecule has 0 spiro atoms. The van der Waals surface area contributed by atoms with Crippen molar-refractivity contribution in [2.75, 3.05) is 19.2 Å². The average molecular weight is 927 g/mol. The van der Waals surface area contributed by atoms with Gasteiger partial charge in [0.1, 0.15) is 10.0 Å². The Morgan fingerprint density at radius 3 is 0.886 bits per heavy atom. The Balaban J connectivity index is 0.946. The minimum Gasteiger partial charge on any atom is -0.359 e. The molecule has 0 atom stereocenters. The first kappa shape index (κ1) is 39.7. The number of thiophene rings is 2. The molecule has 13 aromatic rings. The van der Waals surface area contributed by atoms with Crippen molar-refractivity contribution in [3.05, 3.63) is 243 Å². The van der Waals surface area contributed by atoms with Crippen molar-refractivity contribution in [2.24, 2.45) is 0 Å². The van der Waals surface area contributed by atoms with Crippen LogP contribution in [0.3, 0.4) is 0 Å². The number of fused-ring (bicyclic) bond motifs is 10. The van der Waals surface area contributed by atoms with E-state index in [1.54, 1.807) is 0 Å². The Hall–Kier alpha value is -8.29. The van der Waals surface area contributed by atoms with Gasteiger partial charge in [-0.05, 0) is 115 Å². The molecule has 0 amide bonds. The normalized spacial score (nSPS) is 13.5. The van der Waals surface area contributed by atoms with Crippen LogP contribution in [0.1, 0.15) is 0 Å². The predicted octanol–water partition coefficient (Wildman–Crippen LogP) is 16.1. The molecule has 0 saturated heterocycles. The molecule has 15 rings (SSSR count). The molecule has 11 aromatic carbocycles. The molecule has 2 aliphatic heterocycles. The Morgan fingerprint density at radius 2 is 0.543 bits per heavy atom. The molecule has 0 bridgehead atoms. The second kappa shape index (κ2) is 15.6. The second-order valence-corrected chi connectivity index (χ2v) is 20.6. The Morgan fingerprint density at radius 1 is 0.257 bits per heavy atom. The highest BCUT2D eigenvalue weighted by atomic mass is 32.1. The third-order valence-corrected chi connectivity index (χ3v) is 16.9. The molecule has 2 aliphatic rings. The summed E-state index contributed by atoms with van der Waals surface area (Å²) >= 11 is 3.77. The first-order valence-corrected chi connectivity index (χ1v) is 25.6. The van der Waals surface area contributed by atoms with Crippen LogP contribution in [0.4, 0.5) is 44.1 Å². The van der Waals surface area contributed by atoms with Gasteiger partial charge in [0, 0.05) is 42.9 Å². The van der Waals surface area contributed by atoms with Gasteiger partial charge in [-0.1, -0.05) is 182 Å². The van der Waals surface area contributed by atoms with Gasteiger partial charge in [0.05, 0.1) is 11.4 Å². The van der Waals surface area contributed by atoms with E-state index in [1.165, 1.54) is 107 Å². The highest BCUT2D eigenvalue weighted by Gasteiger charge is 2.48. The molecule has 0 N–H and O–H groups in total.